The number of likely N-dealkylation sites (tertiary alicyclic amines) is 1. The molecule has 1 spiro atoms. The van der Waals surface area contributed by atoms with E-state index in [1.807, 2.05) is 11.9 Å². The average molecular weight is 424 g/mol. The zero-order valence-electron chi connectivity index (χ0n) is 18.4. The van der Waals surface area contributed by atoms with Crippen LogP contribution in [0, 0.1) is 0 Å². The smallest absolute Gasteiger partial charge is 0.272 e. The summed E-state index contributed by atoms with van der Waals surface area (Å²) in [7, 11) is 1.82. The summed E-state index contributed by atoms with van der Waals surface area (Å²) < 4.78 is 8.03. The highest BCUT2D eigenvalue weighted by atomic mass is 16.5. The minimum Gasteiger partial charge on any atom is -0.375 e. The van der Waals surface area contributed by atoms with Gasteiger partial charge in [0.1, 0.15) is 5.69 Å². The van der Waals surface area contributed by atoms with E-state index in [0.29, 0.717) is 11.7 Å². The van der Waals surface area contributed by atoms with Crippen molar-refractivity contribution >= 4 is 11.6 Å². The van der Waals surface area contributed by atoms with Crippen LogP contribution >= 0.6 is 0 Å². The monoisotopic (exact) mass is 423 g/mol. The maximum absolute atomic E-state index is 12.8. The molecule has 7 heteroatoms. The summed E-state index contributed by atoms with van der Waals surface area (Å²) in [6.45, 7) is 6.75. The first-order valence-electron chi connectivity index (χ1n) is 11.6. The summed E-state index contributed by atoms with van der Waals surface area (Å²) in [6.07, 6.45) is 5.75. The number of aromatic nitrogens is 2. The molecule has 3 fully saturated rings. The van der Waals surface area contributed by atoms with Gasteiger partial charge in [0.25, 0.3) is 5.91 Å². The lowest BCUT2D eigenvalue weighted by Crippen LogP contribution is -2.57. The van der Waals surface area contributed by atoms with E-state index in [1.54, 1.807) is 16.9 Å². The SMILES string of the molecule is Cn1nccc1C(=O)N1CCC2(CC1)C[C@H](N1CCN(c3ccccc3)CC1)CCO2. The van der Waals surface area contributed by atoms with Gasteiger partial charge in [-0.15, -0.1) is 0 Å². The number of para-hydroxylation sites is 1. The van der Waals surface area contributed by atoms with E-state index in [1.165, 1.54) is 5.69 Å². The van der Waals surface area contributed by atoms with Crippen molar-refractivity contribution in [3.8, 4) is 0 Å². The molecule has 166 valence electrons. The predicted molar refractivity (Wildman–Crippen MR) is 120 cm³/mol. The molecule has 0 saturated carbocycles. The number of ether oxygens (including phenoxy) is 1. The third-order valence-electron chi connectivity index (χ3n) is 7.42. The van der Waals surface area contributed by atoms with E-state index in [-0.39, 0.29) is 11.5 Å². The molecule has 0 radical (unpaired) electrons. The van der Waals surface area contributed by atoms with Gasteiger partial charge in [-0.1, -0.05) is 18.2 Å². The minimum atomic E-state index is -0.0667. The van der Waals surface area contributed by atoms with E-state index in [2.05, 4.69) is 45.2 Å². The van der Waals surface area contributed by atoms with Gasteiger partial charge in [-0.25, -0.2) is 0 Å². The van der Waals surface area contributed by atoms with Gasteiger partial charge in [-0.05, 0) is 43.9 Å². The lowest BCUT2D eigenvalue weighted by atomic mass is 9.81. The Morgan fingerprint density at radius 3 is 2.45 bits per heavy atom. The normalized spacial score (nSPS) is 24.5. The molecule has 31 heavy (non-hydrogen) atoms. The van der Waals surface area contributed by atoms with Crippen molar-refractivity contribution in [2.75, 3.05) is 50.8 Å². The molecule has 2 aromatic rings. The van der Waals surface area contributed by atoms with Gasteiger partial charge >= 0.3 is 0 Å². The van der Waals surface area contributed by atoms with Crippen molar-refractivity contribution in [1.82, 2.24) is 19.6 Å². The minimum absolute atomic E-state index is 0.0667. The van der Waals surface area contributed by atoms with Gasteiger partial charge in [-0.2, -0.15) is 5.10 Å². The fourth-order valence-corrected chi connectivity index (χ4v) is 5.51. The van der Waals surface area contributed by atoms with Crippen molar-refractivity contribution in [3.05, 3.63) is 48.3 Å². The van der Waals surface area contributed by atoms with Crippen LogP contribution in [0.3, 0.4) is 0 Å². The number of hydrogen-bond donors (Lipinski definition) is 0. The number of hydrogen-bond acceptors (Lipinski definition) is 5. The standard InChI is InChI=1S/C24H33N5O2/c1-26-22(7-11-25-26)23(30)29-12-9-24(10-13-29)19-21(8-18-31-24)28-16-14-27(15-17-28)20-5-3-2-4-6-20/h2-7,11,21H,8-10,12-19H2,1H3/t21-/m1/s1. The average Bonchev–Trinajstić information content (AvgIpc) is 3.26. The summed E-state index contributed by atoms with van der Waals surface area (Å²) in [5, 5.41) is 4.14. The third-order valence-corrected chi connectivity index (χ3v) is 7.42. The molecule has 7 nitrogen and oxygen atoms in total. The molecule has 3 aliphatic rings. The topological polar surface area (TPSA) is 53.8 Å². The number of amides is 1. The van der Waals surface area contributed by atoms with Gasteiger partial charge in [0, 0.05) is 70.8 Å². The number of nitrogens with zero attached hydrogens (tertiary/aromatic N) is 5. The Morgan fingerprint density at radius 1 is 1.03 bits per heavy atom. The fraction of sp³-hybridized carbons (Fsp3) is 0.583. The van der Waals surface area contributed by atoms with E-state index in [0.717, 1.165) is 71.6 Å². The summed E-state index contributed by atoms with van der Waals surface area (Å²) in [5.41, 5.74) is 1.92. The Morgan fingerprint density at radius 2 is 1.77 bits per heavy atom. The van der Waals surface area contributed by atoms with E-state index in [4.69, 9.17) is 4.74 Å². The first-order chi connectivity index (χ1) is 15.1. The number of anilines is 1. The van der Waals surface area contributed by atoms with Crippen molar-refractivity contribution in [1.29, 1.82) is 0 Å². The molecular formula is C24H33N5O2. The molecule has 5 rings (SSSR count). The number of rotatable bonds is 3. The summed E-state index contributed by atoms with van der Waals surface area (Å²) in [4.78, 5) is 20.0. The number of aryl methyl sites for hydroxylation is 1. The first kappa shape index (κ1) is 20.5. The van der Waals surface area contributed by atoms with Crippen molar-refractivity contribution in [2.45, 2.75) is 37.3 Å². The predicted octanol–water partition coefficient (Wildman–Crippen LogP) is 2.40. The zero-order valence-corrected chi connectivity index (χ0v) is 18.4. The van der Waals surface area contributed by atoms with Crippen LogP contribution in [0.4, 0.5) is 5.69 Å². The molecule has 1 aromatic carbocycles. The summed E-state index contributed by atoms with van der Waals surface area (Å²) in [6, 6.07) is 13.1. The van der Waals surface area contributed by atoms with E-state index >= 15 is 0 Å². The molecule has 4 heterocycles. The Labute approximate surface area is 184 Å². The molecule has 3 saturated heterocycles. The van der Waals surface area contributed by atoms with Gasteiger partial charge in [0.2, 0.25) is 0 Å². The molecular weight excluding hydrogens is 390 g/mol. The highest BCUT2D eigenvalue weighted by Gasteiger charge is 2.43. The largest absolute Gasteiger partial charge is 0.375 e. The highest BCUT2D eigenvalue weighted by Crippen LogP contribution is 2.37. The molecule has 0 bridgehead atoms. The van der Waals surface area contributed by atoms with Crippen LogP contribution < -0.4 is 4.90 Å². The third kappa shape index (κ3) is 4.21. The Balaban J connectivity index is 1.16. The molecule has 0 unspecified atom stereocenters. The van der Waals surface area contributed by atoms with E-state index < -0.39 is 0 Å². The van der Waals surface area contributed by atoms with Crippen LogP contribution in [0.5, 0.6) is 0 Å². The van der Waals surface area contributed by atoms with Gasteiger partial charge < -0.3 is 14.5 Å². The first-order valence-corrected chi connectivity index (χ1v) is 11.6. The molecule has 3 aliphatic heterocycles. The van der Waals surface area contributed by atoms with E-state index in [9.17, 15) is 4.79 Å². The number of benzene rings is 1. The summed E-state index contributed by atoms with van der Waals surface area (Å²) in [5.74, 6) is 0.0826. The zero-order chi connectivity index (χ0) is 21.3. The van der Waals surface area contributed by atoms with Crippen molar-refractivity contribution in [2.24, 2.45) is 7.05 Å². The van der Waals surface area contributed by atoms with Gasteiger partial charge in [-0.3, -0.25) is 14.4 Å². The number of piperazine rings is 1. The Kier molecular flexibility index (Phi) is 5.71. The van der Waals surface area contributed by atoms with Gasteiger partial charge in [0.15, 0.2) is 0 Å². The lowest BCUT2D eigenvalue weighted by Gasteiger charge is -2.49. The molecule has 0 N–H and O–H groups in total. The van der Waals surface area contributed by atoms with Crippen molar-refractivity contribution in [3.63, 3.8) is 0 Å². The van der Waals surface area contributed by atoms with Crippen LogP contribution in [0.2, 0.25) is 0 Å². The van der Waals surface area contributed by atoms with Crippen LogP contribution in [0.15, 0.2) is 42.6 Å². The molecule has 1 atom stereocenters. The quantitative estimate of drug-likeness (QED) is 0.759. The van der Waals surface area contributed by atoms with Crippen molar-refractivity contribution < 1.29 is 9.53 Å². The molecule has 1 amide bonds. The fourth-order valence-electron chi connectivity index (χ4n) is 5.51. The maximum atomic E-state index is 12.8. The summed E-state index contributed by atoms with van der Waals surface area (Å²) >= 11 is 0. The van der Waals surface area contributed by atoms with Crippen LogP contribution in [0.25, 0.3) is 0 Å². The van der Waals surface area contributed by atoms with Crippen LogP contribution in [-0.4, -0.2) is 83.0 Å². The Hall–Kier alpha value is -2.38. The Bertz CT molecular complexity index is 882. The second kappa shape index (κ2) is 8.63. The molecule has 0 aliphatic carbocycles. The van der Waals surface area contributed by atoms with Crippen LogP contribution in [-0.2, 0) is 11.8 Å². The lowest BCUT2D eigenvalue weighted by molar-refractivity contribution is -0.130. The number of carbonyl (C=O) groups is 1. The second-order valence-corrected chi connectivity index (χ2v) is 9.17. The number of piperidine rings is 1. The molecule has 1 aromatic heterocycles. The number of carbonyl (C=O) groups excluding carboxylic acids is 1. The van der Waals surface area contributed by atoms with Crippen LogP contribution in [0.1, 0.15) is 36.2 Å². The van der Waals surface area contributed by atoms with Gasteiger partial charge in [0.05, 0.1) is 5.60 Å². The maximum Gasteiger partial charge on any atom is 0.272 e. The second-order valence-electron chi connectivity index (χ2n) is 9.17. The highest BCUT2D eigenvalue weighted by molar-refractivity contribution is 5.92.